The molecule has 1 N–H and O–H groups in total. The Morgan fingerprint density at radius 3 is 2.43 bits per heavy atom. The number of piperidine rings is 1. The molecule has 2 aliphatic rings. The number of carbonyl (C=O) groups is 1. The molecule has 1 aromatic heterocycles. The molecule has 0 radical (unpaired) electrons. The molecule has 0 atom stereocenters. The van der Waals surface area contributed by atoms with Crippen molar-refractivity contribution in [1.29, 1.82) is 0 Å². The Hall–Kier alpha value is -2.68. The fraction of sp³-hybridized carbons (Fsp3) is 0.476. The first-order valence-corrected chi connectivity index (χ1v) is 10.2. The number of carbonyl (C=O) groups excluding carboxylic acids is 1. The van der Waals surface area contributed by atoms with E-state index in [1.54, 1.807) is 0 Å². The minimum atomic E-state index is -4.53. The number of halogens is 3. The molecule has 1 aromatic carbocycles. The molecule has 1 amide bonds. The number of likely N-dealkylation sites (tertiary alicyclic amines) is 1. The largest absolute Gasteiger partial charge is 0.416 e. The fourth-order valence-corrected chi connectivity index (χ4v) is 4.24. The molecule has 0 saturated carbocycles. The third-order valence-corrected chi connectivity index (χ3v) is 5.82. The van der Waals surface area contributed by atoms with Gasteiger partial charge in [0.25, 0.3) is 5.91 Å². The van der Waals surface area contributed by atoms with Gasteiger partial charge in [-0.3, -0.25) is 4.79 Å². The summed E-state index contributed by atoms with van der Waals surface area (Å²) in [5.41, 5.74) is -0.438. The molecular weight excluding hydrogens is 395 g/mol. The van der Waals surface area contributed by atoms with Gasteiger partial charge in [-0.05, 0) is 63.0 Å². The van der Waals surface area contributed by atoms with Crippen LogP contribution in [0, 0.1) is 0 Å². The number of rotatable bonds is 4. The van der Waals surface area contributed by atoms with Gasteiger partial charge >= 0.3 is 6.18 Å². The van der Waals surface area contributed by atoms with Crippen LogP contribution in [0.15, 0.2) is 36.8 Å². The number of nitrogens with zero attached hydrogens (tertiary/aromatic N) is 4. The summed E-state index contributed by atoms with van der Waals surface area (Å²) >= 11 is 0. The summed E-state index contributed by atoms with van der Waals surface area (Å²) in [5, 5.41) is 2.53. The second-order valence-electron chi connectivity index (χ2n) is 7.78. The summed E-state index contributed by atoms with van der Waals surface area (Å²) in [5.74, 6) is -0.395. The van der Waals surface area contributed by atoms with E-state index >= 15 is 0 Å². The Morgan fingerprint density at radius 1 is 1.07 bits per heavy atom. The van der Waals surface area contributed by atoms with Crippen molar-refractivity contribution in [2.75, 3.05) is 36.4 Å². The topological polar surface area (TPSA) is 61.4 Å². The molecule has 2 saturated heterocycles. The molecule has 9 heteroatoms. The summed E-state index contributed by atoms with van der Waals surface area (Å²) in [6, 6.07) is 5.53. The van der Waals surface area contributed by atoms with Crippen molar-refractivity contribution in [2.24, 2.45) is 0 Å². The van der Waals surface area contributed by atoms with Gasteiger partial charge in [0, 0.05) is 36.6 Å². The highest BCUT2D eigenvalue weighted by Crippen LogP contribution is 2.34. The lowest BCUT2D eigenvalue weighted by Crippen LogP contribution is -2.44. The Morgan fingerprint density at radius 2 is 1.80 bits per heavy atom. The van der Waals surface area contributed by atoms with Crippen LogP contribution in [-0.2, 0) is 6.18 Å². The molecule has 0 spiro atoms. The summed E-state index contributed by atoms with van der Waals surface area (Å²) in [4.78, 5) is 24.7. The van der Waals surface area contributed by atoms with E-state index in [2.05, 4.69) is 20.2 Å². The van der Waals surface area contributed by atoms with Crippen LogP contribution < -0.4 is 10.2 Å². The van der Waals surface area contributed by atoms with Crippen molar-refractivity contribution in [3.8, 4) is 0 Å². The van der Waals surface area contributed by atoms with Crippen molar-refractivity contribution >= 4 is 17.4 Å². The van der Waals surface area contributed by atoms with E-state index < -0.39 is 17.6 Å². The number of nitrogens with one attached hydrogen (secondary N) is 1. The molecule has 160 valence electrons. The van der Waals surface area contributed by atoms with E-state index in [9.17, 15) is 18.0 Å². The third-order valence-electron chi connectivity index (χ3n) is 5.82. The van der Waals surface area contributed by atoms with E-state index in [0.29, 0.717) is 24.8 Å². The van der Waals surface area contributed by atoms with Gasteiger partial charge in [0.05, 0.1) is 5.56 Å². The summed E-state index contributed by atoms with van der Waals surface area (Å²) in [6.45, 7) is 3.58. The normalized spacial score (nSPS) is 18.6. The van der Waals surface area contributed by atoms with Gasteiger partial charge in [0.2, 0.25) is 0 Å². The van der Waals surface area contributed by atoms with E-state index in [0.717, 1.165) is 38.1 Å². The van der Waals surface area contributed by atoms with Gasteiger partial charge in [-0.25, -0.2) is 9.97 Å². The third kappa shape index (κ3) is 4.72. The molecule has 2 aliphatic heterocycles. The summed E-state index contributed by atoms with van der Waals surface area (Å²) < 4.78 is 40.5. The number of aromatic nitrogens is 2. The molecule has 30 heavy (non-hydrogen) atoms. The number of alkyl halides is 3. The van der Waals surface area contributed by atoms with Crippen LogP contribution in [0.5, 0.6) is 0 Å². The van der Waals surface area contributed by atoms with Crippen LogP contribution in [0.3, 0.4) is 0 Å². The first kappa shape index (κ1) is 20.6. The smallest absolute Gasteiger partial charge is 0.371 e. The molecule has 0 bridgehead atoms. The van der Waals surface area contributed by atoms with Gasteiger partial charge in [0.15, 0.2) is 0 Å². The number of hydrogen-bond donors (Lipinski definition) is 1. The van der Waals surface area contributed by atoms with E-state index in [1.807, 2.05) is 4.90 Å². The highest BCUT2D eigenvalue weighted by atomic mass is 19.4. The number of amides is 1. The SMILES string of the molecule is O=C(Nc1ccncn1)c1cc(N2CCC(N3CCCC3)CC2)cc(C(F)(F)F)c1. The first-order valence-electron chi connectivity index (χ1n) is 10.2. The lowest BCUT2D eigenvalue weighted by atomic mass is 10.0. The maximum Gasteiger partial charge on any atom is 0.416 e. The lowest BCUT2D eigenvalue weighted by molar-refractivity contribution is -0.137. The van der Waals surface area contributed by atoms with Crippen molar-refractivity contribution in [3.63, 3.8) is 0 Å². The van der Waals surface area contributed by atoms with Gasteiger partial charge < -0.3 is 15.1 Å². The molecular formula is C21H24F3N5O. The number of hydrogen-bond acceptors (Lipinski definition) is 5. The van der Waals surface area contributed by atoms with Crippen molar-refractivity contribution in [1.82, 2.24) is 14.9 Å². The second kappa shape index (κ2) is 8.59. The van der Waals surface area contributed by atoms with E-state index in [-0.39, 0.29) is 11.4 Å². The molecule has 4 rings (SSSR count). The van der Waals surface area contributed by atoms with E-state index in [4.69, 9.17) is 0 Å². The van der Waals surface area contributed by atoms with Crippen molar-refractivity contribution in [3.05, 3.63) is 47.9 Å². The maximum absolute atomic E-state index is 13.5. The zero-order chi connectivity index (χ0) is 21.1. The fourth-order valence-electron chi connectivity index (χ4n) is 4.24. The van der Waals surface area contributed by atoms with Crippen LogP contribution in [-0.4, -0.2) is 53.0 Å². The Bertz CT molecular complexity index is 876. The standard InChI is InChI=1S/C21H24F3N5O/c22-21(23,24)16-11-15(20(30)27-19-3-6-25-14-26-19)12-18(13-16)29-9-4-17(5-10-29)28-7-1-2-8-28/h3,6,11-14,17H,1-2,4-5,7-10H2,(H,25,26,27,30). The molecule has 6 nitrogen and oxygen atoms in total. The highest BCUT2D eigenvalue weighted by molar-refractivity contribution is 6.04. The zero-order valence-corrected chi connectivity index (χ0v) is 16.5. The molecule has 0 unspecified atom stereocenters. The van der Waals surface area contributed by atoms with Crippen LogP contribution in [0.2, 0.25) is 0 Å². The molecule has 2 aromatic rings. The van der Waals surface area contributed by atoms with Crippen LogP contribution in [0.25, 0.3) is 0 Å². The minimum absolute atomic E-state index is 0.0416. The van der Waals surface area contributed by atoms with Crippen molar-refractivity contribution < 1.29 is 18.0 Å². The van der Waals surface area contributed by atoms with Crippen LogP contribution in [0.4, 0.5) is 24.7 Å². The molecule has 0 aliphatic carbocycles. The Balaban J connectivity index is 1.54. The Labute approximate surface area is 173 Å². The predicted octanol–water partition coefficient (Wildman–Crippen LogP) is 3.81. The van der Waals surface area contributed by atoms with Gasteiger partial charge in [-0.1, -0.05) is 0 Å². The quantitative estimate of drug-likeness (QED) is 0.817. The number of anilines is 2. The summed E-state index contributed by atoms with van der Waals surface area (Å²) in [6.07, 6.45) is 2.45. The number of benzene rings is 1. The summed E-state index contributed by atoms with van der Waals surface area (Å²) in [7, 11) is 0. The van der Waals surface area contributed by atoms with Gasteiger partial charge in [-0.15, -0.1) is 0 Å². The Kier molecular flexibility index (Phi) is 5.90. The monoisotopic (exact) mass is 419 g/mol. The van der Waals surface area contributed by atoms with Gasteiger partial charge in [0.1, 0.15) is 12.1 Å². The average Bonchev–Trinajstić information content (AvgIpc) is 3.28. The van der Waals surface area contributed by atoms with Gasteiger partial charge in [-0.2, -0.15) is 13.2 Å². The average molecular weight is 419 g/mol. The zero-order valence-electron chi connectivity index (χ0n) is 16.5. The predicted molar refractivity (Wildman–Crippen MR) is 107 cm³/mol. The lowest BCUT2D eigenvalue weighted by Gasteiger charge is -2.38. The van der Waals surface area contributed by atoms with Crippen LogP contribution in [0.1, 0.15) is 41.6 Å². The van der Waals surface area contributed by atoms with Crippen molar-refractivity contribution in [2.45, 2.75) is 37.9 Å². The molecule has 3 heterocycles. The highest BCUT2D eigenvalue weighted by Gasteiger charge is 2.33. The van der Waals surface area contributed by atoms with E-state index in [1.165, 1.54) is 37.5 Å². The second-order valence-corrected chi connectivity index (χ2v) is 7.78. The maximum atomic E-state index is 13.5. The minimum Gasteiger partial charge on any atom is -0.371 e. The molecule has 2 fully saturated rings. The first-order chi connectivity index (χ1) is 14.4. The van der Waals surface area contributed by atoms with Crippen LogP contribution >= 0.6 is 0 Å².